The Morgan fingerprint density at radius 3 is 2.54 bits per heavy atom. The third-order valence-corrected chi connectivity index (χ3v) is 7.33. The molecule has 35 heavy (non-hydrogen) atoms. The van der Waals surface area contributed by atoms with E-state index in [-0.39, 0.29) is 17.8 Å². The van der Waals surface area contributed by atoms with Gasteiger partial charge in [-0.05, 0) is 55.1 Å². The van der Waals surface area contributed by atoms with Crippen molar-refractivity contribution in [2.75, 3.05) is 6.54 Å². The zero-order valence-electron chi connectivity index (χ0n) is 20.0. The summed E-state index contributed by atoms with van der Waals surface area (Å²) in [6, 6.07) is 20.7. The van der Waals surface area contributed by atoms with Crippen LogP contribution in [0, 0.1) is 5.82 Å². The lowest BCUT2D eigenvalue weighted by molar-refractivity contribution is 0.0691. The number of amides is 1. The number of fused-ring (bicyclic) bond motifs is 1. The zero-order valence-corrected chi connectivity index (χ0v) is 20.8. The fraction of sp³-hybridized carbons (Fsp3) is 0.286. The second-order valence-corrected chi connectivity index (χ2v) is 10.2. The van der Waals surface area contributed by atoms with Crippen LogP contribution in [0.3, 0.4) is 0 Å². The molecule has 1 aliphatic rings. The van der Waals surface area contributed by atoms with Crippen LogP contribution in [0.15, 0.2) is 72.1 Å². The van der Waals surface area contributed by atoms with E-state index in [9.17, 15) is 9.18 Å². The third kappa shape index (κ3) is 5.06. The van der Waals surface area contributed by atoms with Gasteiger partial charge in [0, 0.05) is 37.7 Å². The molecule has 0 unspecified atom stereocenters. The Morgan fingerprint density at radius 2 is 1.86 bits per heavy atom. The van der Waals surface area contributed by atoms with Crippen molar-refractivity contribution >= 4 is 17.2 Å². The minimum absolute atomic E-state index is 0.0250. The predicted octanol–water partition coefficient (Wildman–Crippen LogP) is 5.68. The number of halogens is 1. The maximum Gasteiger partial charge on any atom is 0.264 e. The van der Waals surface area contributed by atoms with E-state index in [0.29, 0.717) is 6.54 Å². The molecule has 0 bridgehead atoms. The minimum atomic E-state index is -0.267. The summed E-state index contributed by atoms with van der Waals surface area (Å²) in [7, 11) is 0. The lowest BCUT2D eigenvalue weighted by atomic mass is 10.0. The Hall–Kier alpha value is -3.29. The topological polar surface area (TPSA) is 41.4 Å². The first kappa shape index (κ1) is 23.5. The van der Waals surface area contributed by atoms with Crippen molar-refractivity contribution in [1.82, 2.24) is 19.6 Å². The standard InChI is InChI=1S/C28H29FN4OS/c1-20(2)32(28(34)27-9-6-16-35-27)19-25-24-18-31(17-21-7-4-3-5-8-21)15-14-26(24)33(30-25)23-12-10-22(29)11-13-23/h3-13,16,20H,14-15,17-19H2,1-2H3. The molecule has 0 spiro atoms. The highest BCUT2D eigenvalue weighted by atomic mass is 32.1. The molecule has 5 rings (SSSR count). The number of carbonyl (C=O) groups excluding carboxylic acids is 1. The number of thiophene rings is 1. The van der Waals surface area contributed by atoms with E-state index < -0.39 is 0 Å². The van der Waals surface area contributed by atoms with Crippen LogP contribution >= 0.6 is 11.3 Å². The summed E-state index contributed by atoms with van der Waals surface area (Å²) in [5.41, 5.74) is 5.33. The van der Waals surface area contributed by atoms with Gasteiger partial charge in [0.1, 0.15) is 5.82 Å². The Balaban J connectivity index is 1.49. The van der Waals surface area contributed by atoms with Crippen molar-refractivity contribution in [2.24, 2.45) is 0 Å². The van der Waals surface area contributed by atoms with Crippen molar-refractivity contribution in [1.29, 1.82) is 0 Å². The normalized spacial score (nSPS) is 13.7. The molecule has 0 fully saturated rings. The first-order valence-electron chi connectivity index (χ1n) is 12.0. The number of benzene rings is 2. The van der Waals surface area contributed by atoms with Crippen molar-refractivity contribution in [2.45, 2.75) is 45.9 Å². The second kappa shape index (κ2) is 10.1. The van der Waals surface area contributed by atoms with Crippen molar-refractivity contribution in [3.63, 3.8) is 0 Å². The molecule has 180 valence electrons. The molecule has 0 saturated heterocycles. The molecule has 0 aliphatic carbocycles. The molecular weight excluding hydrogens is 459 g/mol. The molecule has 0 atom stereocenters. The van der Waals surface area contributed by atoms with Gasteiger partial charge in [-0.2, -0.15) is 5.10 Å². The summed E-state index contributed by atoms with van der Waals surface area (Å²) in [4.78, 5) is 18.3. The number of nitrogens with zero attached hydrogens (tertiary/aromatic N) is 4. The van der Waals surface area contributed by atoms with Crippen LogP contribution in [-0.4, -0.2) is 38.1 Å². The Kier molecular flexibility index (Phi) is 6.79. The lowest BCUT2D eigenvalue weighted by Gasteiger charge is -2.29. The lowest BCUT2D eigenvalue weighted by Crippen LogP contribution is -2.37. The molecule has 1 aliphatic heterocycles. The Morgan fingerprint density at radius 1 is 1.09 bits per heavy atom. The fourth-order valence-corrected chi connectivity index (χ4v) is 5.31. The molecule has 5 nitrogen and oxygen atoms in total. The van der Waals surface area contributed by atoms with Gasteiger partial charge in [0.25, 0.3) is 5.91 Å². The van der Waals surface area contributed by atoms with Gasteiger partial charge in [-0.3, -0.25) is 9.69 Å². The molecule has 7 heteroatoms. The van der Waals surface area contributed by atoms with E-state index >= 15 is 0 Å². The van der Waals surface area contributed by atoms with E-state index in [0.717, 1.165) is 48.0 Å². The first-order valence-corrected chi connectivity index (χ1v) is 12.8. The van der Waals surface area contributed by atoms with Gasteiger partial charge < -0.3 is 4.90 Å². The summed E-state index contributed by atoms with van der Waals surface area (Å²) in [5.74, 6) is -0.242. The van der Waals surface area contributed by atoms with E-state index in [2.05, 4.69) is 29.2 Å². The van der Waals surface area contributed by atoms with Crippen molar-refractivity contribution in [3.8, 4) is 5.69 Å². The minimum Gasteiger partial charge on any atom is -0.330 e. The SMILES string of the molecule is CC(C)N(Cc1nn(-c2ccc(F)cc2)c2c1CN(Cc1ccccc1)CC2)C(=O)c1cccs1. The number of hydrogen-bond acceptors (Lipinski definition) is 4. The number of hydrogen-bond donors (Lipinski definition) is 0. The van der Waals surface area contributed by atoms with Crippen molar-refractivity contribution in [3.05, 3.63) is 105 Å². The highest BCUT2D eigenvalue weighted by molar-refractivity contribution is 7.12. The van der Waals surface area contributed by atoms with Crippen LogP contribution in [0.2, 0.25) is 0 Å². The molecule has 1 amide bonds. The Labute approximate surface area is 209 Å². The van der Waals surface area contributed by atoms with E-state index in [4.69, 9.17) is 5.10 Å². The van der Waals surface area contributed by atoms with Gasteiger partial charge in [-0.15, -0.1) is 11.3 Å². The summed E-state index contributed by atoms with van der Waals surface area (Å²) in [6.45, 7) is 7.05. The van der Waals surface area contributed by atoms with Gasteiger partial charge in [-0.25, -0.2) is 9.07 Å². The third-order valence-electron chi connectivity index (χ3n) is 6.48. The van der Waals surface area contributed by atoms with Crippen LogP contribution in [0.1, 0.15) is 46.0 Å². The monoisotopic (exact) mass is 488 g/mol. The van der Waals surface area contributed by atoms with Crippen molar-refractivity contribution < 1.29 is 9.18 Å². The van der Waals surface area contributed by atoms with Crippen LogP contribution in [0.5, 0.6) is 0 Å². The number of carbonyl (C=O) groups is 1. The van der Waals surface area contributed by atoms with Crippen LogP contribution in [0.4, 0.5) is 4.39 Å². The maximum absolute atomic E-state index is 13.6. The summed E-state index contributed by atoms with van der Waals surface area (Å²) < 4.78 is 15.6. The number of rotatable bonds is 7. The molecule has 4 aromatic rings. The average Bonchev–Trinajstić information content (AvgIpc) is 3.52. The fourth-order valence-electron chi connectivity index (χ4n) is 4.63. The molecule has 0 N–H and O–H groups in total. The molecule has 2 aromatic heterocycles. The van der Waals surface area contributed by atoms with Gasteiger partial charge in [0.05, 0.1) is 28.5 Å². The largest absolute Gasteiger partial charge is 0.330 e. The molecule has 3 heterocycles. The molecule has 2 aromatic carbocycles. The average molecular weight is 489 g/mol. The summed E-state index contributed by atoms with van der Waals surface area (Å²) in [5, 5.41) is 6.93. The van der Waals surface area contributed by atoms with Crippen LogP contribution in [-0.2, 0) is 26.1 Å². The van der Waals surface area contributed by atoms with Crippen LogP contribution < -0.4 is 0 Å². The van der Waals surface area contributed by atoms with Crippen LogP contribution in [0.25, 0.3) is 5.69 Å². The first-order chi connectivity index (χ1) is 17.0. The molecular formula is C28H29FN4OS. The Bertz CT molecular complexity index is 1280. The maximum atomic E-state index is 13.6. The smallest absolute Gasteiger partial charge is 0.264 e. The van der Waals surface area contributed by atoms with Gasteiger partial charge in [0.15, 0.2) is 0 Å². The highest BCUT2D eigenvalue weighted by Gasteiger charge is 2.29. The second-order valence-electron chi connectivity index (χ2n) is 9.21. The summed E-state index contributed by atoms with van der Waals surface area (Å²) >= 11 is 1.46. The van der Waals surface area contributed by atoms with E-state index in [1.807, 2.05) is 47.0 Å². The molecule has 0 saturated carbocycles. The predicted molar refractivity (Wildman–Crippen MR) is 137 cm³/mol. The highest BCUT2D eigenvalue weighted by Crippen LogP contribution is 2.28. The number of aromatic nitrogens is 2. The summed E-state index contributed by atoms with van der Waals surface area (Å²) in [6.07, 6.45) is 0.840. The van der Waals surface area contributed by atoms with E-state index in [1.165, 1.54) is 34.6 Å². The van der Waals surface area contributed by atoms with E-state index in [1.54, 1.807) is 12.1 Å². The molecule has 0 radical (unpaired) electrons. The zero-order chi connectivity index (χ0) is 24.4. The quantitative estimate of drug-likeness (QED) is 0.336. The van der Waals surface area contributed by atoms with Gasteiger partial charge in [0.2, 0.25) is 0 Å². The van der Waals surface area contributed by atoms with Gasteiger partial charge >= 0.3 is 0 Å². The van der Waals surface area contributed by atoms with Gasteiger partial charge in [-0.1, -0.05) is 36.4 Å².